The molecule has 55 heavy (non-hydrogen) atoms. The molecule has 3 aliphatic rings. The highest BCUT2D eigenvalue weighted by Crippen LogP contribution is 2.47. The Morgan fingerprint density at radius 3 is 2.24 bits per heavy atom. The lowest BCUT2D eigenvalue weighted by atomic mass is 9.79. The largest absolute Gasteiger partial charge is 0.457 e. The van der Waals surface area contributed by atoms with Crippen LogP contribution in [0.5, 0.6) is 0 Å². The highest BCUT2D eigenvalue weighted by Gasteiger charge is 2.43. The number of carbonyl (C=O) groups excluding carboxylic acids is 1. The van der Waals surface area contributed by atoms with E-state index in [0.29, 0.717) is 24.1 Å². The normalized spacial score (nSPS) is 20.0. The van der Waals surface area contributed by atoms with Crippen molar-refractivity contribution in [2.45, 2.75) is 70.6 Å². The molecule has 1 atom stereocenters. The number of para-hydroxylation sites is 2. The Bertz CT molecular complexity index is 2290. The predicted molar refractivity (Wildman–Crippen MR) is 220 cm³/mol. The summed E-state index contributed by atoms with van der Waals surface area (Å²) in [5.74, 6) is -0.427. The molecule has 0 saturated heterocycles. The first-order valence-electron chi connectivity index (χ1n) is 18.9. The number of hydrogen-bond acceptors (Lipinski definition) is 6. The van der Waals surface area contributed by atoms with Gasteiger partial charge in [0.2, 0.25) is 5.69 Å². The second-order valence-corrected chi connectivity index (χ2v) is 15.7. The van der Waals surface area contributed by atoms with Crippen LogP contribution in [0.15, 0.2) is 150 Å². The Morgan fingerprint density at radius 2 is 1.55 bits per heavy atom. The van der Waals surface area contributed by atoms with E-state index in [-0.39, 0.29) is 29.2 Å². The van der Waals surface area contributed by atoms with Gasteiger partial charge in [-0.3, -0.25) is 10.1 Å². The zero-order valence-electron chi connectivity index (χ0n) is 32.5. The van der Waals surface area contributed by atoms with E-state index in [1.54, 1.807) is 12.1 Å². The van der Waals surface area contributed by atoms with Gasteiger partial charge in [-0.15, -0.1) is 0 Å². The van der Waals surface area contributed by atoms with Gasteiger partial charge in [-0.25, -0.2) is 4.79 Å². The first-order chi connectivity index (χ1) is 26.4. The number of esters is 1. The second kappa shape index (κ2) is 15.1. The molecule has 4 aromatic rings. The van der Waals surface area contributed by atoms with Gasteiger partial charge in [0.15, 0.2) is 5.71 Å². The molecule has 2 heterocycles. The van der Waals surface area contributed by atoms with E-state index in [4.69, 9.17) is 4.74 Å². The van der Waals surface area contributed by atoms with Crippen LogP contribution in [0.1, 0.15) is 62.8 Å². The maximum Gasteiger partial charge on any atom is 0.339 e. The van der Waals surface area contributed by atoms with Crippen molar-refractivity contribution in [3.05, 3.63) is 182 Å². The molecule has 4 aromatic carbocycles. The molecule has 1 unspecified atom stereocenters. The Morgan fingerprint density at radius 1 is 0.873 bits per heavy atom. The molecular formula is C47H49N4O4+. The lowest BCUT2D eigenvalue weighted by Gasteiger charge is -2.30. The number of carbonyl (C=O) groups is 1. The minimum absolute atomic E-state index is 0.00973. The number of nitrogens with zero attached hydrogens (tertiary/aromatic N) is 3. The van der Waals surface area contributed by atoms with Crippen LogP contribution < -0.4 is 10.2 Å². The van der Waals surface area contributed by atoms with E-state index in [9.17, 15) is 14.9 Å². The van der Waals surface area contributed by atoms with Crippen LogP contribution >= 0.6 is 0 Å². The molecule has 0 spiro atoms. The fraction of sp³-hybridized carbons (Fsp3) is 0.277. The molecule has 1 N–H and O–H groups in total. The molecule has 0 fully saturated rings. The van der Waals surface area contributed by atoms with Gasteiger partial charge in [-0.1, -0.05) is 92.7 Å². The third kappa shape index (κ3) is 7.22. The van der Waals surface area contributed by atoms with Crippen molar-refractivity contribution in [1.82, 2.24) is 5.32 Å². The number of hydrogen-bond donors (Lipinski definition) is 1. The smallest absolute Gasteiger partial charge is 0.339 e. The van der Waals surface area contributed by atoms with Crippen LogP contribution in [-0.2, 0) is 33.5 Å². The van der Waals surface area contributed by atoms with Gasteiger partial charge in [0, 0.05) is 66.3 Å². The minimum atomic E-state index is -0.434. The number of fused-ring (bicyclic) bond motifs is 2. The number of benzene rings is 4. The molecule has 1 aliphatic carbocycles. The molecule has 7 rings (SSSR count). The highest BCUT2D eigenvalue weighted by molar-refractivity contribution is 6.04. The molecule has 280 valence electrons. The first kappa shape index (κ1) is 37.5. The van der Waals surface area contributed by atoms with Crippen molar-refractivity contribution in [2.24, 2.45) is 0 Å². The zero-order valence-corrected chi connectivity index (χ0v) is 32.5. The van der Waals surface area contributed by atoms with Crippen molar-refractivity contribution in [1.29, 1.82) is 0 Å². The van der Waals surface area contributed by atoms with E-state index in [1.165, 1.54) is 34.6 Å². The number of ether oxygens (including phenoxy) is 1. The standard InChI is InChI=1S/C47H49N4O4/c1-46(2)37-16-10-12-18-40(37)49(5)42(46)28-23-34-22-27-39(48-30-32-14-8-7-9-15-32)36(26-29-43-47(3,4)38-17-11-13-19-41(38)50(43)6)44(34)45(52)55-31-33-20-24-35(25-21-33)51(53)54/h7-21,23-26,28-29,39,48H,22,27,30-31H2,1-6H3/q+1. The van der Waals surface area contributed by atoms with Crippen molar-refractivity contribution < 1.29 is 19.0 Å². The average molecular weight is 734 g/mol. The lowest BCUT2D eigenvalue weighted by Crippen LogP contribution is -2.36. The minimum Gasteiger partial charge on any atom is -0.457 e. The van der Waals surface area contributed by atoms with Crippen LogP contribution in [0, 0.1) is 10.1 Å². The fourth-order valence-corrected chi connectivity index (χ4v) is 8.49. The summed E-state index contributed by atoms with van der Waals surface area (Å²) in [5, 5.41) is 15.1. The van der Waals surface area contributed by atoms with Gasteiger partial charge >= 0.3 is 5.97 Å². The highest BCUT2D eigenvalue weighted by atomic mass is 16.6. The number of likely N-dealkylation sites (N-methyl/N-ethyl adjacent to an activating group) is 1. The van der Waals surface area contributed by atoms with E-state index in [2.05, 4.69) is 142 Å². The number of anilines is 1. The summed E-state index contributed by atoms with van der Waals surface area (Å²) in [5.41, 5.74) is 10.8. The number of nitrogens with one attached hydrogen (secondary N) is 1. The Kier molecular flexibility index (Phi) is 10.3. The third-order valence-corrected chi connectivity index (χ3v) is 11.5. The lowest BCUT2D eigenvalue weighted by molar-refractivity contribution is -0.401. The van der Waals surface area contributed by atoms with Gasteiger partial charge in [0.05, 0.1) is 15.9 Å². The summed E-state index contributed by atoms with van der Waals surface area (Å²) < 4.78 is 8.33. The summed E-state index contributed by atoms with van der Waals surface area (Å²) in [6.45, 7) is 9.59. The van der Waals surface area contributed by atoms with Gasteiger partial charge < -0.3 is 15.0 Å². The average Bonchev–Trinajstić information content (AvgIpc) is 3.51. The number of nitro benzene ring substituents is 1. The van der Waals surface area contributed by atoms with Gasteiger partial charge in [-0.2, -0.15) is 4.58 Å². The zero-order chi connectivity index (χ0) is 38.9. The fourth-order valence-electron chi connectivity index (χ4n) is 8.49. The van der Waals surface area contributed by atoms with Crippen molar-refractivity contribution in [3.63, 3.8) is 0 Å². The van der Waals surface area contributed by atoms with E-state index in [1.807, 2.05) is 18.2 Å². The monoisotopic (exact) mass is 733 g/mol. The molecule has 0 bridgehead atoms. The summed E-state index contributed by atoms with van der Waals surface area (Å²) >= 11 is 0. The van der Waals surface area contributed by atoms with Gasteiger partial charge in [-0.05, 0) is 78.8 Å². The predicted octanol–water partition coefficient (Wildman–Crippen LogP) is 9.39. The topological polar surface area (TPSA) is 87.7 Å². The molecule has 8 nitrogen and oxygen atoms in total. The molecule has 0 radical (unpaired) electrons. The quantitative estimate of drug-likeness (QED) is 0.0757. The van der Waals surface area contributed by atoms with Crippen LogP contribution in [-0.4, -0.2) is 41.3 Å². The van der Waals surface area contributed by atoms with Crippen molar-refractivity contribution in [3.8, 4) is 0 Å². The summed E-state index contributed by atoms with van der Waals surface area (Å²) in [6.07, 6.45) is 10.0. The molecule has 0 saturated carbocycles. The van der Waals surface area contributed by atoms with Gasteiger partial charge in [0.1, 0.15) is 13.7 Å². The van der Waals surface area contributed by atoms with Gasteiger partial charge in [0.25, 0.3) is 5.69 Å². The SMILES string of the molecule is CN1C(=CC=C2C(C(=O)OCc3ccc([N+](=O)[O-])cc3)=C(C=CC3=[N+](C)c4ccccc4C3(C)C)CCC2NCc2ccccc2)C(C)(C)c2ccccc21. The molecule has 0 aromatic heterocycles. The van der Waals surface area contributed by atoms with Crippen LogP contribution in [0.25, 0.3) is 0 Å². The number of allylic oxidation sites excluding steroid dienone is 6. The second-order valence-electron chi connectivity index (χ2n) is 15.7. The maximum absolute atomic E-state index is 14.6. The molecule has 0 amide bonds. The first-order valence-corrected chi connectivity index (χ1v) is 18.9. The number of rotatable bonds is 10. The summed E-state index contributed by atoms with van der Waals surface area (Å²) in [4.78, 5) is 27.7. The van der Waals surface area contributed by atoms with E-state index >= 15 is 0 Å². The number of non-ortho nitro benzene ring substituents is 1. The summed E-state index contributed by atoms with van der Waals surface area (Å²) in [6, 6.07) is 33.3. The molecule has 2 aliphatic heterocycles. The van der Waals surface area contributed by atoms with Crippen molar-refractivity contribution in [2.75, 3.05) is 19.0 Å². The van der Waals surface area contributed by atoms with Crippen LogP contribution in [0.2, 0.25) is 0 Å². The van der Waals surface area contributed by atoms with Crippen LogP contribution in [0.4, 0.5) is 17.1 Å². The van der Waals surface area contributed by atoms with Crippen molar-refractivity contribution >= 4 is 28.7 Å². The van der Waals surface area contributed by atoms with E-state index in [0.717, 1.165) is 34.5 Å². The molecule has 8 heteroatoms. The van der Waals surface area contributed by atoms with Crippen LogP contribution in [0.3, 0.4) is 0 Å². The maximum atomic E-state index is 14.6. The Hall–Kier alpha value is -5.86. The number of nitro groups is 1. The van der Waals surface area contributed by atoms with E-state index < -0.39 is 10.9 Å². The Balaban J connectivity index is 1.32. The molecular weight excluding hydrogens is 685 g/mol. The summed E-state index contributed by atoms with van der Waals surface area (Å²) in [7, 11) is 4.20. The third-order valence-electron chi connectivity index (χ3n) is 11.5. The Labute approximate surface area is 324 Å².